The molecule has 0 unspecified atom stereocenters. The van der Waals surface area contributed by atoms with E-state index in [1.807, 2.05) is 11.8 Å². The van der Waals surface area contributed by atoms with Crippen LogP contribution in [0.4, 0.5) is 0 Å². The predicted octanol–water partition coefficient (Wildman–Crippen LogP) is 3.84. The zero-order valence-corrected chi connectivity index (χ0v) is 15.0. The van der Waals surface area contributed by atoms with Crippen molar-refractivity contribution in [2.75, 3.05) is 14.1 Å². The summed E-state index contributed by atoms with van der Waals surface area (Å²) in [5, 5.41) is 0.473. The second-order valence-electron chi connectivity index (χ2n) is 5.90. The molecule has 4 nitrogen and oxygen atoms in total. The Morgan fingerprint density at radius 1 is 1.22 bits per heavy atom. The lowest BCUT2D eigenvalue weighted by atomic mass is 9.91. The molecular formula is C17H21NO3S2. The number of nitrogens with zero attached hydrogens (tertiary/aromatic N) is 1. The van der Waals surface area contributed by atoms with Gasteiger partial charge in [0.05, 0.1) is 5.75 Å². The minimum absolute atomic E-state index is 0.0159. The molecule has 1 aliphatic carbocycles. The summed E-state index contributed by atoms with van der Waals surface area (Å²) in [7, 11) is -0.480. The lowest BCUT2D eigenvalue weighted by Crippen LogP contribution is -2.21. The van der Waals surface area contributed by atoms with Gasteiger partial charge in [-0.1, -0.05) is 24.3 Å². The fourth-order valence-electron chi connectivity index (χ4n) is 2.82. The Morgan fingerprint density at radius 3 is 2.78 bits per heavy atom. The topological polar surface area (TPSA) is 50.5 Å². The summed E-state index contributed by atoms with van der Waals surface area (Å²) in [6.45, 7) is 0. The maximum Gasteiger partial charge on any atom is 0.275 e. The molecule has 0 bridgehead atoms. The van der Waals surface area contributed by atoms with Crippen molar-refractivity contribution in [3.8, 4) is 0 Å². The Balaban J connectivity index is 1.70. The van der Waals surface area contributed by atoms with Crippen molar-refractivity contribution in [1.29, 1.82) is 0 Å². The number of rotatable bonds is 5. The molecule has 0 N–H and O–H groups in total. The fraction of sp³-hybridized carbons (Fsp3) is 0.412. The number of hydrogen-bond acceptors (Lipinski definition) is 4. The second-order valence-corrected chi connectivity index (χ2v) is 9.17. The quantitative estimate of drug-likeness (QED) is 0.821. The molecule has 3 rings (SSSR count). The van der Waals surface area contributed by atoms with E-state index < -0.39 is 10.0 Å². The zero-order valence-electron chi connectivity index (χ0n) is 13.4. The van der Waals surface area contributed by atoms with E-state index in [1.165, 1.54) is 35.9 Å². The van der Waals surface area contributed by atoms with Gasteiger partial charge in [0.2, 0.25) is 5.09 Å². The molecule has 23 heavy (non-hydrogen) atoms. The maximum atomic E-state index is 12.0. The number of sulfonamides is 1. The summed E-state index contributed by atoms with van der Waals surface area (Å²) in [6, 6.07) is 11.9. The van der Waals surface area contributed by atoms with Crippen molar-refractivity contribution in [3.05, 3.63) is 53.3 Å². The van der Waals surface area contributed by atoms with Gasteiger partial charge in [0.1, 0.15) is 5.76 Å². The normalized spacial score (nSPS) is 18.1. The standard InChI is InChI=1S/C17H21NO3S2/c1-18(2)23(19,20)17-11-10-14(21-17)12-22-16-9-5-7-13-6-3-4-8-15(13)16/h3-4,6,8,10-11,16H,5,7,9,12H2,1-2H3/t16-/m0/s1. The summed E-state index contributed by atoms with van der Waals surface area (Å²) in [5.41, 5.74) is 2.85. The summed E-state index contributed by atoms with van der Waals surface area (Å²) >= 11 is 1.82. The molecule has 0 saturated heterocycles. The van der Waals surface area contributed by atoms with Crippen LogP contribution in [0.2, 0.25) is 0 Å². The number of hydrogen-bond donors (Lipinski definition) is 0. The molecule has 0 amide bonds. The van der Waals surface area contributed by atoms with Gasteiger partial charge < -0.3 is 4.42 Å². The molecule has 1 aromatic carbocycles. The number of aryl methyl sites for hydroxylation is 1. The van der Waals surface area contributed by atoms with E-state index in [-0.39, 0.29) is 5.09 Å². The van der Waals surface area contributed by atoms with Crippen LogP contribution in [0.3, 0.4) is 0 Å². The molecule has 1 heterocycles. The number of fused-ring (bicyclic) bond motifs is 1. The van der Waals surface area contributed by atoms with E-state index in [0.29, 0.717) is 16.8 Å². The highest BCUT2D eigenvalue weighted by atomic mass is 32.2. The minimum atomic E-state index is -3.49. The zero-order chi connectivity index (χ0) is 16.4. The molecule has 1 atom stereocenters. The van der Waals surface area contributed by atoms with Gasteiger partial charge >= 0.3 is 0 Å². The van der Waals surface area contributed by atoms with E-state index in [1.54, 1.807) is 12.1 Å². The Bertz CT molecular complexity index is 781. The highest BCUT2D eigenvalue weighted by molar-refractivity contribution is 7.98. The first kappa shape index (κ1) is 16.6. The number of furan rings is 1. The Morgan fingerprint density at radius 2 is 2.00 bits per heavy atom. The summed E-state index contributed by atoms with van der Waals surface area (Å²) in [6.07, 6.45) is 3.51. The van der Waals surface area contributed by atoms with Crippen LogP contribution in [0.15, 0.2) is 45.9 Å². The van der Waals surface area contributed by atoms with Crippen LogP contribution >= 0.6 is 11.8 Å². The van der Waals surface area contributed by atoms with E-state index in [4.69, 9.17) is 4.42 Å². The third-order valence-corrected chi connectivity index (χ3v) is 7.15. The largest absolute Gasteiger partial charge is 0.447 e. The lowest BCUT2D eigenvalue weighted by Gasteiger charge is -2.24. The van der Waals surface area contributed by atoms with Crippen LogP contribution in [0.5, 0.6) is 0 Å². The average Bonchev–Trinajstić information content (AvgIpc) is 3.02. The predicted molar refractivity (Wildman–Crippen MR) is 93.0 cm³/mol. The first-order valence-electron chi connectivity index (χ1n) is 7.69. The van der Waals surface area contributed by atoms with Gasteiger partial charge in [0, 0.05) is 19.3 Å². The molecule has 0 radical (unpaired) electrons. The molecule has 6 heteroatoms. The maximum absolute atomic E-state index is 12.0. The van der Waals surface area contributed by atoms with Crippen molar-refractivity contribution in [3.63, 3.8) is 0 Å². The second kappa shape index (κ2) is 6.71. The molecule has 124 valence electrons. The number of thioether (sulfide) groups is 1. The summed E-state index contributed by atoms with van der Waals surface area (Å²) in [5.74, 6) is 1.39. The van der Waals surface area contributed by atoms with Crippen LogP contribution < -0.4 is 0 Å². The van der Waals surface area contributed by atoms with Gasteiger partial charge in [-0.05, 0) is 42.5 Å². The molecular weight excluding hydrogens is 330 g/mol. The minimum Gasteiger partial charge on any atom is -0.447 e. The summed E-state index contributed by atoms with van der Waals surface area (Å²) in [4.78, 5) is 0. The van der Waals surface area contributed by atoms with Crippen LogP contribution in [0, 0.1) is 0 Å². The molecule has 1 aliphatic rings. The highest BCUT2D eigenvalue weighted by Crippen LogP contribution is 2.41. The monoisotopic (exact) mass is 351 g/mol. The summed E-state index contributed by atoms with van der Waals surface area (Å²) < 4.78 is 30.8. The van der Waals surface area contributed by atoms with Gasteiger partial charge in [-0.3, -0.25) is 0 Å². The third kappa shape index (κ3) is 3.49. The van der Waals surface area contributed by atoms with Gasteiger partial charge in [0.25, 0.3) is 10.0 Å². The SMILES string of the molecule is CN(C)S(=O)(=O)c1ccc(CS[C@H]2CCCc3ccccc32)o1. The van der Waals surface area contributed by atoms with E-state index >= 15 is 0 Å². The lowest BCUT2D eigenvalue weighted by molar-refractivity contribution is 0.408. The van der Waals surface area contributed by atoms with Gasteiger partial charge in [0.15, 0.2) is 0 Å². The van der Waals surface area contributed by atoms with Gasteiger partial charge in [-0.15, -0.1) is 11.8 Å². The number of benzene rings is 1. The van der Waals surface area contributed by atoms with Crippen LogP contribution in [-0.2, 0) is 22.2 Å². The molecule has 1 aromatic heterocycles. The Hall–Kier alpha value is -1.24. The van der Waals surface area contributed by atoms with Crippen molar-refractivity contribution in [1.82, 2.24) is 4.31 Å². The smallest absolute Gasteiger partial charge is 0.275 e. The van der Waals surface area contributed by atoms with Crippen molar-refractivity contribution in [2.24, 2.45) is 0 Å². The molecule has 0 spiro atoms. The molecule has 0 saturated carbocycles. The van der Waals surface area contributed by atoms with Crippen molar-refractivity contribution < 1.29 is 12.8 Å². The van der Waals surface area contributed by atoms with Crippen LogP contribution in [-0.4, -0.2) is 26.8 Å². The van der Waals surface area contributed by atoms with Crippen molar-refractivity contribution >= 4 is 21.8 Å². The first-order chi connectivity index (χ1) is 11.0. The van der Waals surface area contributed by atoms with Gasteiger partial charge in [-0.2, -0.15) is 0 Å². The average molecular weight is 351 g/mol. The molecule has 0 fully saturated rings. The van der Waals surface area contributed by atoms with E-state index in [9.17, 15) is 8.42 Å². The third-order valence-electron chi connectivity index (χ3n) is 4.11. The van der Waals surface area contributed by atoms with E-state index in [2.05, 4.69) is 24.3 Å². The van der Waals surface area contributed by atoms with Crippen LogP contribution in [0.1, 0.15) is 35.0 Å². The highest BCUT2D eigenvalue weighted by Gasteiger charge is 2.23. The first-order valence-corrected chi connectivity index (χ1v) is 10.2. The fourth-order valence-corrected chi connectivity index (χ4v) is 4.90. The van der Waals surface area contributed by atoms with Crippen LogP contribution in [0.25, 0.3) is 0 Å². The Labute approximate surface area is 141 Å². The van der Waals surface area contributed by atoms with Crippen molar-refractivity contribution in [2.45, 2.75) is 35.4 Å². The molecule has 2 aromatic rings. The molecule has 0 aliphatic heterocycles. The Kier molecular flexibility index (Phi) is 4.85. The van der Waals surface area contributed by atoms with Gasteiger partial charge in [-0.25, -0.2) is 12.7 Å². The van der Waals surface area contributed by atoms with E-state index in [0.717, 1.165) is 12.8 Å².